The molecule has 0 fully saturated rings. The summed E-state index contributed by atoms with van der Waals surface area (Å²) >= 11 is 0. The summed E-state index contributed by atoms with van der Waals surface area (Å²) in [5, 5.41) is 0. The molecule has 1 heterocycles. The fourth-order valence-corrected chi connectivity index (χ4v) is 1.07. The molecule has 4 nitrogen and oxygen atoms in total. The van der Waals surface area contributed by atoms with Crippen molar-refractivity contribution in [2.75, 3.05) is 7.11 Å². The average Bonchev–Trinajstić information content (AvgIpc) is 2.28. The molecule has 106 valence electrons. The summed E-state index contributed by atoms with van der Waals surface area (Å²) in [4.78, 5) is 13.7. The van der Waals surface area contributed by atoms with Crippen molar-refractivity contribution in [3.63, 3.8) is 0 Å². The quantitative estimate of drug-likeness (QED) is 0.634. The lowest BCUT2D eigenvalue weighted by molar-refractivity contribution is -0.277. The van der Waals surface area contributed by atoms with Gasteiger partial charge in [-0.05, 0) is 6.07 Å². The largest absolute Gasteiger partial charge is 0.574 e. The van der Waals surface area contributed by atoms with E-state index in [0.29, 0.717) is 0 Å². The van der Waals surface area contributed by atoms with Crippen LogP contribution in [0.4, 0.5) is 26.3 Å². The number of methoxy groups -OCH3 is 1. The van der Waals surface area contributed by atoms with Gasteiger partial charge in [0.15, 0.2) is 5.82 Å². The predicted molar refractivity (Wildman–Crippen MR) is 47.2 cm³/mol. The zero-order valence-electron chi connectivity index (χ0n) is 9.09. The van der Waals surface area contributed by atoms with Crippen molar-refractivity contribution in [3.8, 4) is 5.88 Å². The van der Waals surface area contributed by atoms with Crippen LogP contribution in [0.5, 0.6) is 5.88 Å². The first kappa shape index (κ1) is 15.1. The van der Waals surface area contributed by atoms with Crippen molar-refractivity contribution >= 4 is 5.97 Å². The van der Waals surface area contributed by atoms with E-state index in [1.807, 2.05) is 0 Å². The van der Waals surface area contributed by atoms with Crippen LogP contribution in [0.15, 0.2) is 6.07 Å². The van der Waals surface area contributed by atoms with E-state index in [-0.39, 0.29) is 6.07 Å². The van der Waals surface area contributed by atoms with Crippen LogP contribution in [-0.2, 0) is 4.74 Å². The first-order valence-electron chi connectivity index (χ1n) is 4.48. The second-order valence-electron chi connectivity index (χ2n) is 3.05. The highest BCUT2D eigenvalue weighted by atomic mass is 19.4. The minimum absolute atomic E-state index is 0.287. The summed E-state index contributed by atoms with van der Waals surface area (Å²) < 4.78 is 81.2. The smallest absolute Gasteiger partial charge is 0.465 e. The second-order valence-corrected chi connectivity index (χ2v) is 3.05. The molecule has 0 aromatic carbocycles. The first-order chi connectivity index (χ1) is 8.65. The molecule has 0 amide bonds. The van der Waals surface area contributed by atoms with Crippen LogP contribution in [0.2, 0.25) is 0 Å². The van der Waals surface area contributed by atoms with Gasteiger partial charge in [0, 0.05) is 0 Å². The summed E-state index contributed by atoms with van der Waals surface area (Å²) in [7, 11) is 0.800. The van der Waals surface area contributed by atoms with Crippen molar-refractivity contribution < 1.29 is 40.6 Å². The Balaban J connectivity index is 3.37. The topological polar surface area (TPSA) is 48.4 Å². The maximum Gasteiger partial charge on any atom is 0.574 e. The first-order valence-corrected chi connectivity index (χ1v) is 4.48. The molecule has 0 unspecified atom stereocenters. The Labute approximate surface area is 101 Å². The summed E-state index contributed by atoms with van der Waals surface area (Å²) in [6.07, 6.45) is -8.67. The summed E-state index contributed by atoms with van der Waals surface area (Å²) in [6.45, 7) is 0. The molecule has 19 heavy (non-hydrogen) atoms. The van der Waals surface area contributed by atoms with Crippen LogP contribution in [0.1, 0.15) is 22.5 Å². The van der Waals surface area contributed by atoms with Gasteiger partial charge in [0.05, 0.1) is 7.11 Å². The molecule has 0 saturated heterocycles. The summed E-state index contributed by atoms with van der Waals surface area (Å²) in [6, 6.07) is 0.287. The van der Waals surface area contributed by atoms with Crippen LogP contribution < -0.4 is 4.74 Å². The molecule has 1 aromatic rings. The standard InChI is InChI=1S/C9H5F6NO3/c1-18-8(17)3-2-4(6(11)12)16-7(5(3)10)19-9(13,14)15/h2,6H,1H3. The maximum atomic E-state index is 13.5. The van der Waals surface area contributed by atoms with Gasteiger partial charge < -0.3 is 9.47 Å². The average molecular weight is 289 g/mol. The molecule has 0 N–H and O–H groups in total. The van der Waals surface area contributed by atoms with Crippen LogP contribution in [0, 0.1) is 5.82 Å². The van der Waals surface area contributed by atoms with E-state index in [1.54, 1.807) is 0 Å². The normalized spacial score (nSPS) is 11.6. The Bertz CT molecular complexity index is 488. The number of esters is 1. The molecule has 10 heteroatoms. The van der Waals surface area contributed by atoms with Gasteiger partial charge >= 0.3 is 12.3 Å². The zero-order chi connectivity index (χ0) is 14.8. The van der Waals surface area contributed by atoms with E-state index < -0.39 is 41.7 Å². The van der Waals surface area contributed by atoms with E-state index in [1.165, 1.54) is 0 Å². The number of rotatable bonds is 3. The van der Waals surface area contributed by atoms with Gasteiger partial charge in [-0.1, -0.05) is 0 Å². The molecular weight excluding hydrogens is 284 g/mol. The van der Waals surface area contributed by atoms with Crippen LogP contribution >= 0.6 is 0 Å². The number of pyridine rings is 1. The fraction of sp³-hybridized carbons (Fsp3) is 0.333. The third-order valence-corrected chi connectivity index (χ3v) is 1.79. The molecule has 0 bridgehead atoms. The van der Waals surface area contributed by atoms with Gasteiger partial charge in [-0.2, -0.15) is 0 Å². The molecule has 0 aliphatic heterocycles. The van der Waals surface area contributed by atoms with Gasteiger partial charge in [0.1, 0.15) is 11.3 Å². The Morgan fingerprint density at radius 2 is 1.95 bits per heavy atom. The molecule has 0 aliphatic carbocycles. The number of carbonyl (C=O) groups excluding carboxylic acids is 1. The summed E-state index contributed by atoms with van der Waals surface area (Å²) in [5.74, 6) is -5.05. The van der Waals surface area contributed by atoms with E-state index >= 15 is 0 Å². The Hall–Kier alpha value is -2.00. The highest BCUT2D eigenvalue weighted by Crippen LogP contribution is 2.29. The summed E-state index contributed by atoms with van der Waals surface area (Å²) in [5.41, 5.74) is -2.38. The van der Waals surface area contributed by atoms with Gasteiger partial charge in [-0.15, -0.1) is 13.2 Å². The van der Waals surface area contributed by atoms with Gasteiger partial charge in [0.2, 0.25) is 0 Å². The molecule has 0 aliphatic rings. The van der Waals surface area contributed by atoms with Crippen molar-refractivity contribution in [1.29, 1.82) is 0 Å². The molecule has 1 rings (SSSR count). The molecule has 0 spiro atoms. The predicted octanol–water partition coefficient (Wildman–Crippen LogP) is 2.84. The van der Waals surface area contributed by atoms with E-state index in [0.717, 1.165) is 7.11 Å². The zero-order valence-corrected chi connectivity index (χ0v) is 9.09. The van der Waals surface area contributed by atoms with Crippen LogP contribution in [0.3, 0.4) is 0 Å². The van der Waals surface area contributed by atoms with Crippen LogP contribution in [-0.4, -0.2) is 24.4 Å². The molecule has 0 saturated carbocycles. The Kier molecular flexibility index (Phi) is 4.22. The number of carbonyl (C=O) groups is 1. The Morgan fingerprint density at radius 1 is 1.37 bits per heavy atom. The third kappa shape index (κ3) is 3.73. The van der Waals surface area contributed by atoms with Crippen molar-refractivity contribution in [1.82, 2.24) is 4.98 Å². The van der Waals surface area contributed by atoms with Gasteiger partial charge in [-0.25, -0.2) is 22.9 Å². The lowest BCUT2D eigenvalue weighted by Gasteiger charge is -2.12. The number of hydrogen-bond donors (Lipinski definition) is 0. The molecular formula is C9H5F6NO3. The monoisotopic (exact) mass is 289 g/mol. The number of nitrogens with zero attached hydrogens (tertiary/aromatic N) is 1. The number of alkyl halides is 5. The van der Waals surface area contributed by atoms with Crippen LogP contribution in [0.25, 0.3) is 0 Å². The minimum Gasteiger partial charge on any atom is -0.465 e. The number of hydrogen-bond acceptors (Lipinski definition) is 4. The lowest BCUT2D eigenvalue weighted by Crippen LogP contribution is -2.20. The maximum absolute atomic E-state index is 13.5. The minimum atomic E-state index is -5.35. The van der Waals surface area contributed by atoms with Crippen molar-refractivity contribution in [2.45, 2.75) is 12.8 Å². The highest BCUT2D eigenvalue weighted by molar-refractivity contribution is 5.90. The molecule has 0 radical (unpaired) electrons. The second kappa shape index (κ2) is 5.33. The van der Waals surface area contributed by atoms with E-state index in [4.69, 9.17) is 0 Å². The Morgan fingerprint density at radius 3 is 2.37 bits per heavy atom. The number of halogens is 6. The fourth-order valence-electron chi connectivity index (χ4n) is 1.07. The lowest BCUT2D eigenvalue weighted by atomic mass is 10.2. The van der Waals surface area contributed by atoms with Gasteiger partial charge in [0.25, 0.3) is 12.3 Å². The third-order valence-electron chi connectivity index (χ3n) is 1.79. The molecule has 1 aromatic heterocycles. The number of aromatic nitrogens is 1. The van der Waals surface area contributed by atoms with Crippen molar-refractivity contribution in [2.24, 2.45) is 0 Å². The SMILES string of the molecule is COC(=O)c1cc(C(F)F)nc(OC(F)(F)F)c1F. The number of ether oxygens (including phenoxy) is 2. The van der Waals surface area contributed by atoms with E-state index in [2.05, 4.69) is 14.5 Å². The highest BCUT2D eigenvalue weighted by Gasteiger charge is 2.35. The van der Waals surface area contributed by atoms with E-state index in [9.17, 15) is 31.1 Å². The van der Waals surface area contributed by atoms with Gasteiger partial charge in [-0.3, -0.25) is 0 Å². The van der Waals surface area contributed by atoms with Crippen molar-refractivity contribution in [3.05, 3.63) is 23.1 Å². The molecule has 0 atom stereocenters.